The zero-order valence-electron chi connectivity index (χ0n) is 9.42. The van der Waals surface area contributed by atoms with Crippen molar-refractivity contribution >= 4 is 5.82 Å². The van der Waals surface area contributed by atoms with Gasteiger partial charge in [-0.1, -0.05) is 0 Å². The number of alkyl halides is 3. The van der Waals surface area contributed by atoms with Gasteiger partial charge in [-0.3, -0.25) is 5.01 Å². The first kappa shape index (κ1) is 11.8. The lowest BCUT2D eigenvalue weighted by molar-refractivity contribution is -0.137. The van der Waals surface area contributed by atoms with Gasteiger partial charge in [0.2, 0.25) is 0 Å². The molecule has 1 aromatic rings. The lowest BCUT2D eigenvalue weighted by Gasteiger charge is -2.31. The number of nitrogens with zero attached hydrogens (tertiary/aromatic N) is 2. The molecule has 0 saturated heterocycles. The van der Waals surface area contributed by atoms with Crippen LogP contribution in [0.1, 0.15) is 19.4 Å². The second-order valence-electron chi connectivity index (χ2n) is 4.35. The maximum absolute atomic E-state index is 12.4. The van der Waals surface area contributed by atoms with Crippen LogP contribution in [0, 0.1) is 0 Å². The molecule has 0 aliphatic carbocycles. The summed E-state index contributed by atoms with van der Waals surface area (Å²) in [6.07, 6.45) is 0.134. The third-order valence-corrected chi connectivity index (χ3v) is 2.58. The fraction of sp³-hybridized carbons (Fsp3) is 0.364. The molecular weight excluding hydrogens is 231 g/mol. The number of anilines is 1. The number of nitrogens with one attached hydrogen (secondary N) is 1. The van der Waals surface area contributed by atoms with E-state index in [0.29, 0.717) is 5.82 Å². The van der Waals surface area contributed by atoms with E-state index in [1.54, 1.807) is 11.2 Å². The van der Waals surface area contributed by atoms with Crippen LogP contribution in [0.5, 0.6) is 0 Å². The topological polar surface area (TPSA) is 28.2 Å². The van der Waals surface area contributed by atoms with Crippen LogP contribution in [-0.2, 0) is 6.18 Å². The maximum Gasteiger partial charge on any atom is 0.417 e. The van der Waals surface area contributed by atoms with Crippen LogP contribution in [0.25, 0.3) is 0 Å². The van der Waals surface area contributed by atoms with Crippen LogP contribution in [0.2, 0.25) is 0 Å². The molecule has 0 bridgehead atoms. The number of rotatable bonds is 1. The largest absolute Gasteiger partial charge is 0.417 e. The molecule has 1 aliphatic heterocycles. The molecule has 0 fully saturated rings. The highest BCUT2D eigenvalue weighted by molar-refractivity contribution is 5.45. The normalized spacial score (nSPS) is 18.3. The number of pyridine rings is 1. The molecule has 3 nitrogen and oxygen atoms in total. The zero-order chi connectivity index (χ0) is 12.7. The first-order chi connectivity index (χ1) is 7.81. The molecule has 0 unspecified atom stereocenters. The lowest BCUT2D eigenvalue weighted by atomic mass is 10.1. The summed E-state index contributed by atoms with van der Waals surface area (Å²) in [5.41, 5.74) is 1.87. The summed E-state index contributed by atoms with van der Waals surface area (Å²) in [7, 11) is 0. The number of halogens is 3. The molecule has 1 aromatic heterocycles. The fourth-order valence-electron chi connectivity index (χ4n) is 1.60. The summed E-state index contributed by atoms with van der Waals surface area (Å²) in [4.78, 5) is 3.83. The van der Waals surface area contributed by atoms with E-state index in [9.17, 15) is 13.2 Å². The molecule has 1 N–H and O–H groups in total. The molecule has 1 aliphatic rings. The predicted octanol–water partition coefficient (Wildman–Crippen LogP) is 2.72. The van der Waals surface area contributed by atoms with Crippen LogP contribution in [0.15, 0.2) is 30.6 Å². The van der Waals surface area contributed by atoms with Crippen molar-refractivity contribution in [3.05, 3.63) is 36.2 Å². The van der Waals surface area contributed by atoms with Crippen molar-refractivity contribution in [2.75, 3.05) is 5.01 Å². The van der Waals surface area contributed by atoms with Crippen molar-refractivity contribution in [2.24, 2.45) is 0 Å². The molecule has 0 amide bonds. The Balaban J connectivity index is 2.25. The van der Waals surface area contributed by atoms with Gasteiger partial charge in [0.05, 0.1) is 11.1 Å². The van der Waals surface area contributed by atoms with E-state index in [2.05, 4.69) is 10.4 Å². The summed E-state index contributed by atoms with van der Waals surface area (Å²) in [6, 6.07) is 2.38. The van der Waals surface area contributed by atoms with Gasteiger partial charge in [0, 0.05) is 12.4 Å². The minimum atomic E-state index is -4.35. The molecule has 0 radical (unpaired) electrons. The van der Waals surface area contributed by atoms with Gasteiger partial charge in [-0.2, -0.15) is 13.2 Å². The summed E-state index contributed by atoms with van der Waals surface area (Å²) in [6.45, 7) is 3.87. The highest BCUT2D eigenvalue weighted by Gasteiger charge is 2.32. The van der Waals surface area contributed by atoms with Crippen molar-refractivity contribution in [3.63, 3.8) is 0 Å². The molecule has 92 valence electrons. The van der Waals surface area contributed by atoms with Gasteiger partial charge in [0.1, 0.15) is 5.82 Å². The van der Waals surface area contributed by atoms with Crippen LogP contribution in [0.3, 0.4) is 0 Å². The van der Waals surface area contributed by atoms with Crippen molar-refractivity contribution in [1.29, 1.82) is 0 Å². The summed E-state index contributed by atoms with van der Waals surface area (Å²) in [5, 5.41) is 1.70. The van der Waals surface area contributed by atoms with Gasteiger partial charge < -0.3 is 5.43 Å². The molecule has 0 spiro atoms. The van der Waals surface area contributed by atoms with Crippen LogP contribution in [0.4, 0.5) is 19.0 Å². The lowest BCUT2D eigenvalue weighted by Crippen LogP contribution is -2.45. The van der Waals surface area contributed by atoms with Crippen LogP contribution in [-0.4, -0.2) is 10.5 Å². The van der Waals surface area contributed by atoms with Gasteiger partial charge in [-0.25, -0.2) is 4.98 Å². The Labute approximate surface area is 96.9 Å². The Morgan fingerprint density at radius 1 is 1.29 bits per heavy atom. The van der Waals surface area contributed by atoms with Crippen molar-refractivity contribution < 1.29 is 13.2 Å². The summed E-state index contributed by atoms with van der Waals surface area (Å²) >= 11 is 0. The van der Waals surface area contributed by atoms with Gasteiger partial charge in [-0.05, 0) is 32.1 Å². The number of hydrogen-bond acceptors (Lipinski definition) is 3. The maximum atomic E-state index is 12.4. The SMILES string of the molecule is CC1(C)C=CNN1c1ccc(C(F)(F)F)cn1. The van der Waals surface area contributed by atoms with E-state index in [1.165, 1.54) is 6.07 Å². The number of hydrazine groups is 1. The standard InChI is InChI=1S/C11H12F3N3/c1-10(2)5-6-16-17(10)9-4-3-8(7-15-9)11(12,13)14/h3-7,16H,1-2H3. The molecule has 2 rings (SSSR count). The Kier molecular flexibility index (Phi) is 2.52. The highest BCUT2D eigenvalue weighted by Crippen LogP contribution is 2.30. The smallest absolute Gasteiger partial charge is 0.304 e. The Bertz CT molecular complexity index is 434. The first-order valence-electron chi connectivity index (χ1n) is 5.08. The minimum Gasteiger partial charge on any atom is -0.304 e. The van der Waals surface area contributed by atoms with Crippen LogP contribution >= 0.6 is 0 Å². The molecular formula is C11H12F3N3. The van der Waals surface area contributed by atoms with E-state index >= 15 is 0 Å². The van der Waals surface area contributed by atoms with E-state index < -0.39 is 11.7 Å². The number of hydrogen-bond donors (Lipinski definition) is 1. The van der Waals surface area contributed by atoms with E-state index in [1.807, 2.05) is 19.9 Å². The second-order valence-corrected chi connectivity index (χ2v) is 4.35. The van der Waals surface area contributed by atoms with Gasteiger partial charge >= 0.3 is 6.18 Å². The third kappa shape index (κ3) is 2.20. The van der Waals surface area contributed by atoms with Gasteiger partial charge in [0.25, 0.3) is 0 Å². The fourth-order valence-corrected chi connectivity index (χ4v) is 1.60. The third-order valence-electron chi connectivity index (χ3n) is 2.58. The van der Waals surface area contributed by atoms with E-state index in [-0.39, 0.29) is 5.54 Å². The van der Waals surface area contributed by atoms with E-state index in [4.69, 9.17) is 0 Å². The first-order valence-corrected chi connectivity index (χ1v) is 5.08. The highest BCUT2D eigenvalue weighted by atomic mass is 19.4. The van der Waals surface area contributed by atoms with E-state index in [0.717, 1.165) is 12.3 Å². The molecule has 0 atom stereocenters. The Hall–Kier alpha value is -1.72. The average Bonchev–Trinajstić information content (AvgIpc) is 2.57. The Morgan fingerprint density at radius 3 is 2.41 bits per heavy atom. The zero-order valence-corrected chi connectivity index (χ0v) is 9.42. The van der Waals surface area contributed by atoms with Crippen molar-refractivity contribution in [3.8, 4) is 0 Å². The average molecular weight is 243 g/mol. The number of aromatic nitrogens is 1. The van der Waals surface area contributed by atoms with Crippen LogP contribution < -0.4 is 10.4 Å². The van der Waals surface area contributed by atoms with Crippen molar-refractivity contribution in [2.45, 2.75) is 25.6 Å². The Morgan fingerprint density at radius 2 is 2.00 bits per heavy atom. The quantitative estimate of drug-likeness (QED) is 0.822. The predicted molar refractivity (Wildman–Crippen MR) is 58.1 cm³/mol. The summed E-state index contributed by atoms with van der Waals surface area (Å²) in [5.74, 6) is 0.452. The van der Waals surface area contributed by atoms with Gasteiger partial charge in [-0.15, -0.1) is 0 Å². The molecule has 6 heteroatoms. The second kappa shape index (κ2) is 3.65. The monoisotopic (exact) mass is 243 g/mol. The summed E-state index contributed by atoms with van der Waals surface area (Å²) < 4.78 is 37.1. The molecule has 0 saturated carbocycles. The van der Waals surface area contributed by atoms with Crippen molar-refractivity contribution in [1.82, 2.24) is 10.4 Å². The molecule has 2 heterocycles. The minimum absolute atomic E-state index is 0.313. The molecule has 17 heavy (non-hydrogen) atoms. The molecule has 0 aromatic carbocycles. The van der Waals surface area contributed by atoms with Gasteiger partial charge in [0.15, 0.2) is 0 Å².